The van der Waals surface area contributed by atoms with Crippen LogP contribution in [-0.4, -0.2) is 22.6 Å². The Morgan fingerprint density at radius 1 is 0.531 bits per heavy atom. The third-order valence-electron chi connectivity index (χ3n) is 9.33. The molecule has 0 spiro atoms. The molecule has 0 aliphatic heterocycles. The second kappa shape index (κ2) is 12.0. The fourth-order valence-corrected chi connectivity index (χ4v) is 17.8. The monoisotopic (exact) mass is 490 g/mol. The zero-order chi connectivity index (χ0) is 21.8. The maximum absolute atomic E-state index is 2.76. The van der Waals surface area contributed by atoms with Crippen molar-refractivity contribution in [2.24, 2.45) is 0 Å². The Hall–Kier alpha value is 0.560. The lowest BCUT2D eigenvalue weighted by Gasteiger charge is -2.43. The average molecular weight is 491 g/mol. The normalized spacial score (nSPS) is 25.7. The highest BCUT2D eigenvalue weighted by Gasteiger charge is 2.39. The molecule has 0 amide bonds. The average Bonchev–Trinajstić information content (AvgIpc) is 3.23. The summed E-state index contributed by atoms with van der Waals surface area (Å²) in [6, 6.07) is 0. The standard InChI is InChI=1S/C29H48P2S/c1-23-29(31(26-18-10-4-11-19-26)27-20-12-5-13-21-27)28(22-32-23)30(24-14-6-2-7-15-24)25-16-8-3-9-17-25/h22,24-27H,2-21H2,1H3. The van der Waals surface area contributed by atoms with E-state index in [-0.39, 0.29) is 15.8 Å². The molecule has 180 valence electrons. The highest BCUT2D eigenvalue weighted by atomic mass is 32.1. The molecule has 0 unspecified atom stereocenters. The first-order chi connectivity index (χ1) is 15.8. The molecule has 0 radical (unpaired) electrons. The number of hydrogen-bond acceptors (Lipinski definition) is 1. The van der Waals surface area contributed by atoms with E-state index >= 15 is 0 Å². The molecule has 4 fully saturated rings. The Balaban J connectivity index is 1.52. The molecule has 0 N–H and O–H groups in total. The number of hydrogen-bond donors (Lipinski definition) is 0. The van der Waals surface area contributed by atoms with Crippen molar-refractivity contribution in [1.82, 2.24) is 0 Å². The summed E-state index contributed by atoms with van der Waals surface area (Å²) < 4.78 is 0. The van der Waals surface area contributed by atoms with Gasteiger partial charge in [-0.15, -0.1) is 11.3 Å². The van der Waals surface area contributed by atoms with Gasteiger partial charge >= 0.3 is 0 Å². The van der Waals surface area contributed by atoms with Crippen LogP contribution in [0.5, 0.6) is 0 Å². The van der Waals surface area contributed by atoms with Crippen molar-refractivity contribution in [1.29, 1.82) is 0 Å². The van der Waals surface area contributed by atoms with E-state index in [1.165, 1.54) is 77.0 Å². The van der Waals surface area contributed by atoms with Crippen LogP contribution in [-0.2, 0) is 0 Å². The molecule has 4 aliphatic carbocycles. The molecule has 1 aromatic heterocycles. The van der Waals surface area contributed by atoms with E-state index in [1.807, 2.05) is 10.6 Å². The van der Waals surface area contributed by atoms with Crippen molar-refractivity contribution < 1.29 is 0 Å². The van der Waals surface area contributed by atoms with Crippen molar-refractivity contribution in [3.8, 4) is 0 Å². The van der Waals surface area contributed by atoms with Gasteiger partial charge in [0.15, 0.2) is 0 Å². The lowest BCUT2D eigenvalue weighted by molar-refractivity contribution is 0.486. The highest BCUT2D eigenvalue weighted by molar-refractivity contribution is 7.74. The number of aryl methyl sites for hydroxylation is 1. The summed E-state index contributed by atoms with van der Waals surface area (Å²) >= 11 is 2.18. The van der Waals surface area contributed by atoms with Gasteiger partial charge in [0.1, 0.15) is 0 Å². The Kier molecular flexibility index (Phi) is 9.10. The molecule has 0 aromatic carbocycles. The largest absolute Gasteiger partial charge is 0.148 e. The molecule has 1 heterocycles. The molecule has 0 bridgehead atoms. The van der Waals surface area contributed by atoms with Gasteiger partial charge in [0, 0.05) is 4.88 Å². The Labute approximate surface area is 205 Å². The van der Waals surface area contributed by atoms with Crippen LogP contribution in [0.15, 0.2) is 5.38 Å². The van der Waals surface area contributed by atoms with Crippen molar-refractivity contribution >= 4 is 37.8 Å². The van der Waals surface area contributed by atoms with Gasteiger partial charge in [-0.2, -0.15) is 0 Å². The van der Waals surface area contributed by atoms with Crippen LogP contribution in [0.4, 0.5) is 0 Å². The first-order valence-electron chi connectivity index (χ1n) is 14.5. The van der Waals surface area contributed by atoms with Gasteiger partial charge in [0.05, 0.1) is 0 Å². The van der Waals surface area contributed by atoms with Gasteiger partial charge in [-0.05, 0) is 96.9 Å². The second-order valence-electron chi connectivity index (χ2n) is 11.5. The third kappa shape index (κ3) is 5.52. The predicted octanol–water partition coefficient (Wildman–Crippen LogP) is 9.60. The maximum Gasteiger partial charge on any atom is 0.00978 e. The SMILES string of the molecule is Cc1scc(P(C2CCCCC2)C2CCCCC2)c1P(C1CCCCC1)C1CCCCC1. The fraction of sp³-hybridized carbons (Fsp3) is 0.862. The van der Waals surface area contributed by atoms with Crippen LogP contribution < -0.4 is 10.6 Å². The third-order valence-corrected chi connectivity index (χ3v) is 18.0. The second-order valence-corrected chi connectivity index (χ2v) is 18.1. The van der Waals surface area contributed by atoms with Crippen molar-refractivity contribution in [2.75, 3.05) is 0 Å². The summed E-state index contributed by atoms with van der Waals surface area (Å²) in [5.74, 6) is 0. The highest BCUT2D eigenvalue weighted by Crippen LogP contribution is 2.60. The van der Waals surface area contributed by atoms with E-state index in [0.717, 1.165) is 22.6 Å². The van der Waals surface area contributed by atoms with Crippen LogP contribution in [0.3, 0.4) is 0 Å². The zero-order valence-electron chi connectivity index (χ0n) is 20.8. The quantitative estimate of drug-likeness (QED) is 0.348. The minimum absolute atomic E-state index is 0.0554. The smallest absolute Gasteiger partial charge is 0.00978 e. The molecule has 1 aromatic rings. The van der Waals surface area contributed by atoms with Crippen molar-refractivity contribution in [3.63, 3.8) is 0 Å². The molecular formula is C29H48P2S. The summed E-state index contributed by atoms with van der Waals surface area (Å²) in [6.07, 6.45) is 30.7. The molecule has 32 heavy (non-hydrogen) atoms. The first-order valence-corrected chi connectivity index (χ1v) is 18.3. The molecule has 4 saturated carbocycles. The predicted molar refractivity (Wildman–Crippen MR) is 150 cm³/mol. The van der Waals surface area contributed by atoms with Gasteiger partial charge in [-0.1, -0.05) is 92.9 Å². The molecule has 0 atom stereocenters. The Bertz CT molecular complexity index is 652. The fourth-order valence-electron chi connectivity index (χ4n) is 7.73. The van der Waals surface area contributed by atoms with Crippen LogP contribution in [0, 0.1) is 6.92 Å². The lowest BCUT2D eigenvalue weighted by atomic mass is 9.99. The number of rotatable bonds is 6. The number of thiophene rings is 1. The van der Waals surface area contributed by atoms with Gasteiger partial charge < -0.3 is 0 Å². The Morgan fingerprint density at radius 2 is 0.875 bits per heavy atom. The van der Waals surface area contributed by atoms with Crippen LogP contribution in [0.25, 0.3) is 0 Å². The van der Waals surface area contributed by atoms with Crippen molar-refractivity contribution in [2.45, 2.75) is 158 Å². The summed E-state index contributed by atoms with van der Waals surface area (Å²) in [4.78, 5) is 1.77. The maximum atomic E-state index is 2.76. The molecule has 5 rings (SSSR count). The van der Waals surface area contributed by atoms with Crippen molar-refractivity contribution in [3.05, 3.63) is 10.3 Å². The van der Waals surface area contributed by atoms with E-state index in [4.69, 9.17) is 0 Å². The topological polar surface area (TPSA) is 0 Å². The summed E-state index contributed by atoms with van der Waals surface area (Å²) in [5.41, 5.74) is 4.24. The molecule has 0 nitrogen and oxygen atoms in total. The van der Waals surface area contributed by atoms with E-state index < -0.39 is 0 Å². The van der Waals surface area contributed by atoms with E-state index in [2.05, 4.69) is 23.6 Å². The zero-order valence-corrected chi connectivity index (χ0v) is 23.4. The molecule has 0 saturated heterocycles. The van der Waals surface area contributed by atoms with Gasteiger partial charge in [-0.3, -0.25) is 0 Å². The molecular weight excluding hydrogens is 442 g/mol. The molecule has 3 heteroatoms. The lowest BCUT2D eigenvalue weighted by Crippen LogP contribution is -2.36. The van der Waals surface area contributed by atoms with Crippen LogP contribution in [0.2, 0.25) is 0 Å². The summed E-state index contributed by atoms with van der Waals surface area (Å²) in [7, 11) is 0.115. The van der Waals surface area contributed by atoms with E-state index in [9.17, 15) is 0 Å². The van der Waals surface area contributed by atoms with E-state index in [1.54, 1.807) is 56.2 Å². The Morgan fingerprint density at radius 3 is 1.25 bits per heavy atom. The molecule has 4 aliphatic rings. The van der Waals surface area contributed by atoms with Gasteiger partial charge in [0.2, 0.25) is 0 Å². The van der Waals surface area contributed by atoms with Gasteiger partial charge in [0.25, 0.3) is 0 Å². The first kappa shape index (κ1) is 24.3. The minimum Gasteiger partial charge on any atom is -0.148 e. The van der Waals surface area contributed by atoms with E-state index in [0.29, 0.717) is 0 Å². The summed E-state index contributed by atoms with van der Waals surface area (Å²) in [6.45, 7) is 2.54. The summed E-state index contributed by atoms with van der Waals surface area (Å²) in [5, 5.41) is 6.80. The van der Waals surface area contributed by atoms with Crippen LogP contribution in [0.1, 0.15) is 133 Å². The van der Waals surface area contributed by atoms with Crippen LogP contribution >= 0.6 is 27.2 Å². The minimum atomic E-state index is 0.0554. The van der Waals surface area contributed by atoms with Gasteiger partial charge in [-0.25, -0.2) is 0 Å².